The van der Waals surface area contributed by atoms with Crippen LogP contribution in [-0.4, -0.2) is 50.1 Å². The molecule has 7 nitrogen and oxygen atoms in total. The van der Waals surface area contributed by atoms with E-state index in [1.807, 2.05) is 12.1 Å². The lowest BCUT2D eigenvalue weighted by atomic mass is 10.0. The number of nitrogens with one attached hydrogen (secondary N) is 1. The SMILES string of the molecule is O=C(CCn1cnnn1)N[C@H]1CCCN(Cc2ccccc2F)C1. The molecule has 2 aromatic rings. The molecule has 1 aliphatic heterocycles. The number of rotatable bonds is 6. The van der Waals surface area contributed by atoms with Gasteiger partial charge in [-0.1, -0.05) is 18.2 Å². The van der Waals surface area contributed by atoms with Gasteiger partial charge in [-0.2, -0.15) is 0 Å². The third kappa shape index (κ3) is 4.58. The van der Waals surface area contributed by atoms with E-state index >= 15 is 0 Å². The number of carbonyl (C=O) groups is 1. The zero-order valence-corrected chi connectivity index (χ0v) is 13.4. The minimum absolute atomic E-state index is 0.0109. The van der Waals surface area contributed by atoms with Gasteiger partial charge >= 0.3 is 0 Å². The Morgan fingerprint density at radius 2 is 2.25 bits per heavy atom. The fraction of sp³-hybridized carbons (Fsp3) is 0.500. The number of carbonyl (C=O) groups excluding carboxylic acids is 1. The fourth-order valence-electron chi connectivity index (χ4n) is 2.98. The Labute approximate surface area is 139 Å². The molecule has 1 aromatic heterocycles. The first-order valence-electron chi connectivity index (χ1n) is 8.16. The second-order valence-corrected chi connectivity index (χ2v) is 6.06. The van der Waals surface area contributed by atoms with Crippen molar-refractivity contribution in [3.05, 3.63) is 42.0 Å². The van der Waals surface area contributed by atoms with Crippen molar-refractivity contribution in [2.75, 3.05) is 13.1 Å². The van der Waals surface area contributed by atoms with E-state index in [-0.39, 0.29) is 17.8 Å². The van der Waals surface area contributed by atoms with Crippen molar-refractivity contribution in [3.8, 4) is 0 Å². The highest BCUT2D eigenvalue weighted by Gasteiger charge is 2.22. The molecule has 0 unspecified atom stereocenters. The van der Waals surface area contributed by atoms with Gasteiger partial charge in [0, 0.05) is 31.1 Å². The van der Waals surface area contributed by atoms with Gasteiger partial charge in [-0.25, -0.2) is 9.07 Å². The van der Waals surface area contributed by atoms with E-state index in [1.54, 1.807) is 6.07 Å². The summed E-state index contributed by atoms with van der Waals surface area (Å²) in [6.07, 6.45) is 3.77. The number of likely N-dealkylation sites (tertiary alicyclic amines) is 1. The number of aromatic nitrogens is 4. The van der Waals surface area contributed by atoms with Crippen LogP contribution in [0.15, 0.2) is 30.6 Å². The van der Waals surface area contributed by atoms with Crippen LogP contribution >= 0.6 is 0 Å². The largest absolute Gasteiger partial charge is 0.352 e. The molecule has 1 saturated heterocycles. The Balaban J connectivity index is 1.46. The molecule has 0 spiro atoms. The molecule has 8 heteroatoms. The first-order valence-corrected chi connectivity index (χ1v) is 8.16. The molecule has 1 aliphatic rings. The molecule has 1 N–H and O–H groups in total. The summed E-state index contributed by atoms with van der Waals surface area (Å²) in [5, 5.41) is 13.9. The summed E-state index contributed by atoms with van der Waals surface area (Å²) < 4.78 is 15.3. The predicted molar refractivity (Wildman–Crippen MR) is 85.3 cm³/mol. The second-order valence-electron chi connectivity index (χ2n) is 6.06. The molecule has 0 radical (unpaired) electrons. The predicted octanol–water partition coefficient (Wildman–Crippen LogP) is 0.983. The Hall–Kier alpha value is -2.35. The van der Waals surface area contributed by atoms with Crippen LogP contribution in [0.4, 0.5) is 4.39 Å². The number of benzene rings is 1. The molecule has 1 atom stereocenters. The lowest BCUT2D eigenvalue weighted by molar-refractivity contribution is -0.122. The summed E-state index contributed by atoms with van der Waals surface area (Å²) in [5.74, 6) is -0.187. The highest BCUT2D eigenvalue weighted by molar-refractivity contribution is 5.76. The second kappa shape index (κ2) is 7.96. The van der Waals surface area contributed by atoms with E-state index < -0.39 is 0 Å². The van der Waals surface area contributed by atoms with Gasteiger partial charge in [0.25, 0.3) is 0 Å². The summed E-state index contributed by atoms with van der Waals surface area (Å²) in [6.45, 7) is 2.70. The van der Waals surface area contributed by atoms with E-state index in [0.717, 1.165) is 25.9 Å². The average molecular weight is 332 g/mol. The highest BCUT2D eigenvalue weighted by Crippen LogP contribution is 2.15. The maximum atomic E-state index is 13.8. The maximum Gasteiger partial charge on any atom is 0.222 e. The lowest BCUT2D eigenvalue weighted by Gasteiger charge is -2.33. The maximum absolute atomic E-state index is 13.8. The Kier molecular flexibility index (Phi) is 5.47. The standard InChI is InChI=1S/C16H21FN6O/c17-15-6-2-1-4-13(15)10-22-8-3-5-14(11-22)19-16(24)7-9-23-12-18-20-21-23/h1-2,4,6,12,14H,3,5,7-11H2,(H,19,24)/t14-/m0/s1. The quantitative estimate of drug-likeness (QED) is 0.853. The minimum Gasteiger partial charge on any atom is -0.352 e. The number of aryl methyl sites for hydroxylation is 1. The monoisotopic (exact) mass is 332 g/mol. The molecule has 1 aromatic carbocycles. The summed E-state index contributed by atoms with van der Waals surface area (Å²) in [6, 6.07) is 6.94. The van der Waals surface area contributed by atoms with Gasteiger partial charge in [0.1, 0.15) is 12.1 Å². The van der Waals surface area contributed by atoms with Gasteiger partial charge in [-0.3, -0.25) is 9.69 Å². The Morgan fingerprint density at radius 3 is 3.04 bits per heavy atom. The third-order valence-electron chi connectivity index (χ3n) is 4.18. The van der Waals surface area contributed by atoms with Gasteiger partial charge in [0.15, 0.2) is 0 Å². The first-order chi connectivity index (χ1) is 11.7. The van der Waals surface area contributed by atoms with E-state index in [4.69, 9.17) is 0 Å². The van der Waals surface area contributed by atoms with Crippen LogP contribution in [0.25, 0.3) is 0 Å². The zero-order chi connectivity index (χ0) is 16.8. The van der Waals surface area contributed by atoms with Crippen molar-refractivity contribution in [2.45, 2.75) is 38.4 Å². The van der Waals surface area contributed by atoms with E-state index in [1.165, 1.54) is 17.1 Å². The minimum atomic E-state index is -0.176. The van der Waals surface area contributed by atoms with Crippen LogP contribution in [-0.2, 0) is 17.9 Å². The summed E-state index contributed by atoms with van der Waals surface area (Å²) in [5.41, 5.74) is 0.697. The van der Waals surface area contributed by atoms with Crippen molar-refractivity contribution in [2.24, 2.45) is 0 Å². The van der Waals surface area contributed by atoms with Crippen LogP contribution in [0.5, 0.6) is 0 Å². The molecule has 3 rings (SSSR count). The molecule has 2 heterocycles. The number of tetrazole rings is 1. The molecule has 24 heavy (non-hydrogen) atoms. The number of piperidine rings is 1. The number of hydrogen-bond donors (Lipinski definition) is 1. The summed E-state index contributed by atoms with van der Waals surface area (Å²) in [7, 11) is 0. The van der Waals surface area contributed by atoms with Gasteiger partial charge < -0.3 is 5.32 Å². The van der Waals surface area contributed by atoms with E-state index in [2.05, 4.69) is 25.7 Å². The van der Waals surface area contributed by atoms with Crippen molar-refractivity contribution < 1.29 is 9.18 Å². The normalized spacial score (nSPS) is 18.5. The van der Waals surface area contributed by atoms with Gasteiger partial charge in [-0.05, 0) is 35.9 Å². The number of nitrogens with zero attached hydrogens (tertiary/aromatic N) is 5. The number of halogens is 1. The first kappa shape index (κ1) is 16.5. The van der Waals surface area contributed by atoms with Crippen LogP contribution in [0, 0.1) is 5.82 Å². The molecular formula is C16H21FN6O. The highest BCUT2D eigenvalue weighted by atomic mass is 19.1. The van der Waals surface area contributed by atoms with Crippen molar-refractivity contribution in [1.82, 2.24) is 30.4 Å². The van der Waals surface area contributed by atoms with E-state index in [9.17, 15) is 9.18 Å². The van der Waals surface area contributed by atoms with Gasteiger partial charge in [0.05, 0.1) is 6.54 Å². The topological polar surface area (TPSA) is 75.9 Å². The van der Waals surface area contributed by atoms with Crippen molar-refractivity contribution >= 4 is 5.91 Å². The lowest BCUT2D eigenvalue weighted by Crippen LogP contribution is -2.47. The van der Waals surface area contributed by atoms with Crippen molar-refractivity contribution in [3.63, 3.8) is 0 Å². The molecule has 128 valence electrons. The molecular weight excluding hydrogens is 311 g/mol. The van der Waals surface area contributed by atoms with Crippen LogP contribution in [0.1, 0.15) is 24.8 Å². The van der Waals surface area contributed by atoms with Gasteiger partial charge in [-0.15, -0.1) is 5.10 Å². The molecule has 0 bridgehead atoms. The molecule has 1 fully saturated rings. The smallest absolute Gasteiger partial charge is 0.222 e. The molecule has 0 saturated carbocycles. The molecule has 1 amide bonds. The third-order valence-corrected chi connectivity index (χ3v) is 4.18. The Bertz CT molecular complexity index is 662. The number of amides is 1. The van der Waals surface area contributed by atoms with Crippen molar-refractivity contribution in [1.29, 1.82) is 0 Å². The summed E-state index contributed by atoms with van der Waals surface area (Å²) in [4.78, 5) is 14.2. The average Bonchev–Trinajstić information content (AvgIpc) is 3.09. The molecule has 0 aliphatic carbocycles. The Morgan fingerprint density at radius 1 is 1.38 bits per heavy atom. The van der Waals surface area contributed by atoms with Crippen LogP contribution in [0.2, 0.25) is 0 Å². The van der Waals surface area contributed by atoms with E-state index in [0.29, 0.717) is 25.1 Å². The van der Waals surface area contributed by atoms with Gasteiger partial charge in [0.2, 0.25) is 5.91 Å². The summed E-state index contributed by atoms with van der Waals surface area (Å²) >= 11 is 0. The van der Waals surface area contributed by atoms with Crippen LogP contribution < -0.4 is 5.32 Å². The zero-order valence-electron chi connectivity index (χ0n) is 13.4. The van der Waals surface area contributed by atoms with Crippen LogP contribution in [0.3, 0.4) is 0 Å². The number of hydrogen-bond acceptors (Lipinski definition) is 5. The fourth-order valence-corrected chi connectivity index (χ4v) is 2.98.